The number of carboxylic acids is 1. The Morgan fingerprint density at radius 1 is 1.52 bits per heavy atom. The summed E-state index contributed by atoms with van der Waals surface area (Å²) in [5.41, 5.74) is 0. The molecule has 10 heteroatoms. The van der Waals surface area contributed by atoms with E-state index in [2.05, 4.69) is 31.9 Å². The van der Waals surface area contributed by atoms with Gasteiger partial charge in [0.05, 0.1) is 12.9 Å². The fourth-order valence-electron chi connectivity index (χ4n) is 2.12. The fraction of sp³-hybridized carbons (Fsp3) is 0.545. The fourth-order valence-corrected chi connectivity index (χ4v) is 9.55. The van der Waals surface area contributed by atoms with Crippen molar-refractivity contribution < 1.29 is 18.3 Å². The quantitative estimate of drug-likeness (QED) is 0.699. The number of aliphatic carboxylic acids is 1. The first kappa shape index (κ1) is 17.7. The number of hydrogen-bond donors (Lipinski definition) is 1. The Kier molecular flexibility index (Phi) is 5.81. The monoisotopic (exact) mass is 477 g/mol. The van der Waals surface area contributed by atoms with Crippen LogP contribution in [0.4, 0.5) is 0 Å². The van der Waals surface area contributed by atoms with E-state index in [4.69, 9.17) is 0 Å². The lowest BCUT2D eigenvalue weighted by Crippen LogP contribution is -2.45. The van der Waals surface area contributed by atoms with E-state index in [-0.39, 0.29) is 16.0 Å². The molecule has 1 aliphatic rings. The Bertz CT molecular complexity index is 646. The van der Waals surface area contributed by atoms with E-state index in [0.29, 0.717) is 14.0 Å². The van der Waals surface area contributed by atoms with Gasteiger partial charge in [-0.05, 0) is 44.3 Å². The van der Waals surface area contributed by atoms with Crippen LogP contribution in [-0.4, -0.2) is 41.0 Å². The highest BCUT2D eigenvalue weighted by molar-refractivity contribution is 9.12. The Labute approximate surface area is 148 Å². The van der Waals surface area contributed by atoms with Crippen LogP contribution < -0.4 is 0 Å². The van der Waals surface area contributed by atoms with E-state index in [1.165, 1.54) is 29.2 Å². The highest BCUT2D eigenvalue weighted by Crippen LogP contribution is 2.42. The Hall–Kier alpha value is 0.390. The molecule has 1 N–H and O–H groups in total. The highest BCUT2D eigenvalue weighted by Gasteiger charge is 2.46. The van der Waals surface area contributed by atoms with Crippen LogP contribution in [0.25, 0.3) is 0 Å². The van der Waals surface area contributed by atoms with Crippen molar-refractivity contribution in [3.05, 3.63) is 13.6 Å². The molecule has 2 unspecified atom stereocenters. The number of nitrogens with zero attached hydrogens (tertiary/aromatic N) is 1. The third kappa shape index (κ3) is 3.50. The minimum atomic E-state index is -3.85. The second-order valence-electron chi connectivity index (χ2n) is 4.45. The first-order valence-electron chi connectivity index (χ1n) is 6.11. The smallest absolute Gasteiger partial charge is 0.322 e. The number of carboxylic acid groups (broad SMARTS) is 1. The van der Waals surface area contributed by atoms with Crippen molar-refractivity contribution in [1.82, 2.24) is 4.31 Å². The van der Waals surface area contributed by atoms with Crippen LogP contribution in [0.15, 0.2) is 18.5 Å². The molecular weight excluding hydrogens is 466 g/mol. The van der Waals surface area contributed by atoms with Crippen LogP contribution in [-0.2, 0) is 14.8 Å². The molecule has 0 aromatic carbocycles. The largest absolute Gasteiger partial charge is 0.480 e. The van der Waals surface area contributed by atoms with Gasteiger partial charge in [0, 0.05) is 5.75 Å². The van der Waals surface area contributed by atoms with E-state index in [9.17, 15) is 18.3 Å². The molecule has 1 fully saturated rings. The van der Waals surface area contributed by atoms with E-state index < -0.39 is 22.0 Å². The second-order valence-corrected chi connectivity index (χ2v) is 11.2. The standard InChI is InChI=1S/C11H13Br2NO4S3/c1-2-3-9-14(6(5-19-9)11(15)16)21(17,18)7-4-8(12)20-10(7)13/h4,6,9H,2-3,5H2,1H3,(H,15,16). The number of thiophene rings is 1. The van der Waals surface area contributed by atoms with Gasteiger partial charge in [0.2, 0.25) is 10.0 Å². The predicted molar refractivity (Wildman–Crippen MR) is 91.3 cm³/mol. The molecule has 0 spiro atoms. The molecular formula is C11H13Br2NO4S3. The molecule has 118 valence electrons. The molecule has 0 amide bonds. The SMILES string of the molecule is CCCC1SCC(C(=O)O)N1S(=O)(=O)c1cc(Br)sc1Br. The minimum Gasteiger partial charge on any atom is -0.480 e. The summed E-state index contributed by atoms with van der Waals surface area (Å²) in [7, 11) is -3.85. The lowest BCUT2D eigenvalue weighted by atomic mass is 10.3. The summed E-state index contributed by atoms with van der Waals surface area (Å²) in [6, 6.07) is 0.497. The molecule has 1 saturated heterocycles. The molecule has 5 nitrogen and oxygen atoms in total. The van der Waals surface area contributed by atoms with Crippen LogP contribution in [0.1, 0.15) is 19.8 Å². The third-order valence-corrected chi connectivity index (χ3v) is 9.20. The van der Waals surface area contributed by atoms with Gasteiger partial charge in [0.25, 0.3) is 0 Å². The van der Waals surface area contributed by atoms with Gasteiger partial charge in [-0.25, -0.2) is 8.42 Å². The van der Waals surface area contributed by atoms with Crippen LogP contribution in [0, 0.1) is 0 Å². The third-order valence-electron chi connectivity index (χ3n) is 3.04. The Morgan fingerprint density at radius 2 is 2.19 bits per heavy atom. The highest BCUT2D eigenvalue weighted by atomic mass is 79.9. The van der Waals surface area contributed by atoms with Gasteiger partial charge >= 0.3 is 5.97 Å². The zero-order valence-electron chi connectivity index (χ0n) is 11.0. The summed E-state index contributed by atoms with van der Waals surface area (Å²) in [6.07, 6.45) is 1.43. The van der Waals surface area contributed by atoms with Crippen molar-refractivity contribution >= 4 is 71.0 Å². The number of sulfonamides is 1. The van der Waals surface area contributed by atoms with Crippen LogP contribution in [0.5, 0.6) is 0 Å². The molecule has 2 atom stereocenters. The van der Waals surface area contributed by atoms with Gasteiger partial charge in [-0.1, -0.05) is 13.3 Å². The molecule has 0 bridgehead atoms. The van der Waals surface area contributed by atoms with Gasteiger partial charge in [-0.3, -0.25) is 4.79 Å². The van der Waals surface area contributed by atoms with Crippen LogP contribution in [0.3, 0.4) is 0 Å². The molecule has 0 radical (unpaired) electrons. The topological polar surface area (TPSA) is 74.7 Å². The van der Waals surface area contributed by atoms with Gasteiger partial charge in [-0.2, -0.15) is 4.31 Å². The molecule has 2 heterocycles. The molecule has 0 aliphatic carbocycles. The zero-order valence-corrected chi connectivity index (χ0v) is 16.6. The van der Waals surface area contributed by atoms with Gasteiger partial charge in [-0.15, -0.1) is 23.1 Å². The first-order chi connectivity index (χ1) is 9.78. The molecule has 1 aromatic heterocycles. The number of hydrogen-bond acceptors (Lipinski definition) is 5. The van der Waals surface area contributed by atoms with Gasteiger partial charge in [0.15, 0.2) is 0 Å². The summed E-state index contributed by atoms with van der Waals surface area (Å²) in [6.45, 7) is 1.95. The molecule has 2 rings (SSSR count). The minimum absolute atomic E-state index is 0.120. The molecule has 1 aromatic rings. The maximum atomic E-state index is 12.9. The number of rotatable bonds is 5. The van der Waals surface area contributed by atoms with Crippen molar-refractivity contribution in [3.63, 3.8) is 0 Å². The first-order valence-corrected chi connectivity index (χ1v) is 11.0. The van der Waals surface area contributed by atoms with E-state index in [1.54, 1.807) is 0 Å². The van der Waals surface area contributed by atoms with Crippen molar-refractivity contribution in [1.29, 1.82) is 0 Å². The number of thioether (sulfide) groups is 1. The Morgan fingerprint density at radius 3 is 2.67 bits per heavy atom. The number of carbonyl (C=O) groups is 1. The summed E-state index contributed by atoms with van der Waals surface area (Å²) < 4.78 is 28.1. The van der Waals surface area contributed by atoms with Crippen LogP contribution in [0.2, 0.25) is 0 Å². The Balaban J connectivity index is 2.47. The molecule has 0 saturated carbocycles. The molecule has 21 heavy (non-hydrogen) atoms. The second kappa shape index (κ2) is 6.88. The van der Waals surface area contributed by atoms with E-state index in [0.717, 1.165) is 10.7 Å². The summed E-state index contributed by atoms with van der Waals surface area (Å²) in [5, 5.41) is 8.99. The van der Waals surface area contributed by atoms with Gasteiger partial charge < -0.3 is 5.11 Å². The average molecular weight is 479 g/mol. The van der Waals surface area contributed by atoms with E-state index >= 15 is 0 Å². The lowest BCUT2D eigenvalue weighted by Gasteiger charge is -2.26. The van der Waals surface area contributed by atoms with Gasteiger partial charge in [0.1, 0.15) is 10.9 Å². The zero-order chi connectivity index (χ0) is 15.8. The van der Waals surface area contributed by atoms with Crippen molar-refractivity contribution in [2.75, 3.05) is 5.75 Å². The number of halogens is 2. The van der Waals surface area contributed by atoms with E-state index in [1.807, 2.05) is 6.92 Å². The van der Waals surface area contributed by atoms with Crippen LogP contribution >= 0.6 is 55.0 Å². The lowest BCUT2D eigenvalue weighted by molar-refractivity contribution is -0.140. The maximum absolute atomic E-state index is 12.9. The predicted octanol–water partition coefficient (Wildman–Crippen LogP) is 3.59. The summed E-state index contributed by atoms with van der Waals surface area (Å²) in [4.78, 5) is 11.5. The van der Waals surface area contributed by atoms with Crippen molar-refractivity contribution in [2.45, 2.75) is 36.1 Å². The average Bonchev–Trinajstić information content (AvgIpc) is 2.94. The van der Waals surface area contributed by atoms with Crippen molar-refractivity contribution in [3.8, 4) is 0 Å². The maximum Gasteiger partial charge on any atom is 0.322 e. The summed E-state index contributed by atoms with van der Waals surface area (Å²) in [5.74, 6) is -0.822. The van der Waals surface area contributed by atoms with Crippen molar-refractivity contribution in [2.24, 2.45) is 0 Å². The summed E-state index contributed by atoms with van der Waals surface area (Å²) >= 11 is 9.14. The molecule has 1 aliphatic heterocycles. The normalized spacial score (nSPS) is 23.6.